The Bertz CT molecular complexity index is 493. The van der Waals surface area contributed by atoms with Gasteiger partial charge in [0, 0.05) is 6.92 Å². The summed E-state index contributed by atoms with van der Waals surface area (Å²) in [6.07, 6.45) is 1.28. The summed E-state index contributed by atoms with van der Waals surface area (Å²) in [7, 11) is 2.37. The van der Waals surface area contributed by atoms with Crippen molar-refractivity contribution in [3.8, 4) is 0 Å². The molecule has 1 aromatic rings. The third-order valence-electron chi connectivity index (χ3n) is 2.23. The van der Waals surface area contributed by atoms with Crippen LogP contribution in [-0.2, 0) is 25.5 Å². The predicted molar refractivity (Wildman–Crippen MR) is 61.5 cm³/mol. The van der Waals surface area contributed by atoms with Crippen molar-refractivity contribution >= 4 is 17.9 Å². The van der Waals surface area contributed by atoms with Crippen molar-refractivity contribution in [1.82, 2.24) is 9.55 Å². The van der Waals surface area contributed by atoms with Crippen LogP contribution in [0.1, 0.15) is 27.9 Å². The first-order valence-electron chi connectivity index (χ1n) is 5.36. The second-order valence-electron chi connectivity index (χ2n) is 3.46. The molecule has 0 saturated heterocycles. The first kappa shape index (κ1) is 14.7. The van der Waals surface area contributed by atoms with Crippen LogP contribution >= 0.6 is 0 Å². The largest absolute Gasteiger partial charge is 0.464 e. The van der Waals surface area contributed by atoms with Crippen molar-refractivity contribution < 1.29 is 28.6 Å². The molecule has 0 bridgehead atoms. The molecule has 8 nitrogen and oxygen atoms in total. The minimum Gasteiger partial charge on any atom is -0.464 e. The minimum absolute atomic E-state index is 0.0403. The summed E-state index contributed by atoms with van der Waals surface area (Å²) in [5.41, 5.74) is -0.182. The molecule has 104 valence electrons. The molecule has 19 heavy (non-hydrogen) atoms. The molecule has 0 N–H and O–H groups in total. The summed E-state index contributed by atoms with van der Waals surface area (Å²) in [5.74, 6) is -1.90. The van der Waals surface area contributed by atoms with Gasteiger partial charge in [-0.15, -0.1) is 0 Å². The highest BCUT2D eigenvalue weighted by Gasteiger charge is 2.25. The van der Waals surface area contributed by atoms with Crippen molar-refractivity contribution in [3.05, 3.63) is 17.7 Å². The minimum atomic E-state index is -0.744. The zero-order valence-electron chi connectivity index (χ0n) is 10.8. The van der Waals surface area contributed by atoms with E-state index < -0.39 is 17.9 Å². The van der Waals surface area contributed by atoms with E-state index in [0.29, 0.717) is 0 Å². The van der Waals surface area contributed by atoms with Gasteiger partial charge in [0.25, 0.3) is 0 Å². The SMILES string of the molecule is COC(=O)c1ncn(CCOC(C)=O)c1C(=O)OC. The smallest absolute Gasteiger partial charge is 0.359 e. The second-order valence-corrected chi connectivity index (χ2v) is 3.46. The van der Waals surface area contributed by atoms with Crippen LogP contribution in [0.25, 0.3) is 0 Å². The fraction of sp³-hybridized carbons (Fsp3) is 0.455. The molecule has 0 aromatic carbocycles. The van der Waals surface area contributed by atoms with Crippen LogP contribution in [0, 0.1) is 0 Å². The van der Waals surface area contributed by atoms with Crippen molar-refractivity contribution in [2.24, 2.45) is 0 Å². The van der Waals surface area contributed by atoms with Gasteiger partial charge in [0.1, 0.15) is 6.61 Å². The fourth-order valence-corrected chi connectivity index (χ4v) is 1.40. The molecule has 8 heteroatoms. The number of carbonyl (C=O) groups is 3. The van der Waals surface area contributed by atoms with E-state index >= 15 is 0 Å². The molecular weight excluding hydrogens is 256 g/mol. The van der Waals surface area contributed by atoms with Gasteiger partial charge in [-0.25, -0.2) is 14.6 Å². The first-order chi connectivity index (χ1) is 9.01. The number of aromatic nitrogens is 2. The molecule has 0 aliphatic heterocycles. The van der Waals surface area contributed by atoms with Gasteiger partial charge < -0.3 is 18.8 Å². The van der Waals surface area contributed by atoms with Crippen LogP contribution in [0.3, 0.4) is 0 Å². The van der Waals surface area contributed by atoms with Crippen molar-refractivity contribution in [2.45, 2.75) is 13.5 Å². The lowest BCUT2D eigenvalue weighted by molar-refractivity contribution is -0.141. The van der Waals surface area contributed by atoms with Gasteiger partial charge in [-0.2, -0.15) is 0 Å². The monoisotopic (exact) mass is 270 g/mol. The number of hydrogen-bond donors (Lipinski definition) is 0. The summed E-state index contributed by atoms with van der Waals surface area (Å²) in [6, 6.07) is 0. The van der Waals surface area contributed by atoms with Crippen LogP contribution in [0.4, 0.5) is 0 Å². The van der Waals surface area contributed by atoms with Crippen LogP contribution in [0.5, 0.6) is 0 Å². The zero-order valence-corrected chi connectivity index (χ0v) is 10.8. The van der Waals surface area contributed by atoms with E-state index in [-0.39, 0.29) is 24.5 Å². The summed E-state index contributed by atoms with van der Waals surface area (Å²) >= 11 is 0. The van der Waals surface area contributed by atoms with E-state index in [9.17, 15) is 14.4 Å². The predicted octanol–water partition coefficient (Wildman–Crippen LogP) is 0.0194. The normalized spacial score (nSPS) is 9.84. The third kappa shape index (κ3) is 3.54. The summed E-state index contributed by atoms with van der Waals surface area (Å²) in [6.45, 7) is 1.50. The molecule has 0 atom stereocenters. The number of nitrogens with zero attached hydrogens (tertiary/aromatic N) is 2. The molecule has 1 heterocycles. The lowest BCUT2D eigenvalue weighted by Crippen LogP contribution is -2.18. The van der Waals surface area contributed by atoms with Crippen molar-refractivity contribution in [3.63, 3.8) is 0 Å². The van der Waals surface area contributed by atoms with Gasteiger partial charge in [0.2, 0.25) is 0 Å². The number of carbonyl (C=O) groups excluding carboxylic acids is 3. The molecule has 1 rings (SSSR count). The maximum Gasteiger partial charge on any atom is 0.359 e. The van der Waals surface area contributed by atoms with Crippen LogP contribution in [0.15, 0.2) is 6.33 Å². The van der Waals surface area contributed by atoms with Crippen molar-refractivity contribution in [2.75, 3.05) is 20.8 Å². The lowest BCUT2D eigenvalue weighted by Gasteiger charge is -2.07. The molecule has 0 aliphatic rings. The molecular formula is C11H14N2O6. The van der Waals surface area contributed by atoms with E-state index in [2.05, 4.69) is 14.5 Å². The van der Waals surface area contributed by atoms with E-state index in [0.717, 1.165) is 0 Å². The molecule has 0 fully saturated rings. The highest BCUT2D eigenvalue weighted by Crippen LogP contribution is 2.10. The van der Waals surface area contributed by atoms with Gasteiger partial charge in [0.15, 0.2) is 11.4 Å². The Morgan fingerprint density at radius 2 is 1.84 bits per heavy atom. The highest BCUT2D eigenvalue weighted by molar-refractivity contribution is 6.00. The lowest BCUT2D eigenvalue weighted by atomic mass is 10.3. The maximum absolute atomic E-state index is 11.6. The molecule has 0 spiro atoms. The van der Waals surface area contributed by atoms with Gasteiger partial charge in [-0.1, -0.05) is 0 Å². The van der Waals surface area contributed by atoms with E-state index in [1.807, 2.05) is 0 Å². The Balaban J connectivity index is 2.97. The summed E-state index contributed by atoms with van der Waals surface area (Å²) < 4.78 is 15.2. The number of rotatable bonds is 5. The average molecular weight is 270 g/mol. The molecule has 0 amide bonds. The maximum atomic E-state index is 11.6. The van der Waals surface area contributed by atoms with Gasteiger partial charge in [0.05, 0.1) is 27.1 Å². The van der Waals surface area contributed by atoms with Crippen LogP contribution in [0.2, 0.25) is 0 Å². The highest BCUT2D eigenvalue weighted by atomic mass is 16.5. The Hall–Kier alpha value is -2.38. The number of ether oxygens (including phenoxy) is 3. The summed E-state index contributed by atoms with van der Waals surface area (Å²) in [4.78, 5) is 37.6. The Morgan fingerprint density at radius 3 is 2.37 bits per heavy atom. The topological polar surface area (TPSA) is 96.7 Å². The zero-order chi connectivity index (χ0) is 14.4. The Labute approximate surface area is 109 Å². The third-order valence-corrected chi connectivity index (χ3v) is 2.23. The van der Waals surface area contributed by atoms with E-state index in [4.69, 9.17) is 4.74 Å². The molecule has 0 saturated carbocycles. The Morgan fingerprint density at radius 1 is 1.21 bits per heavy atom. The summed E-state index contributed by atoms with van der Waals surface area (Å²) in [5, 5.41) is 0. The van der Waals surface area contributed by atoms with Gasteiger partial charge in [-0.3, -0.25) is 4.79 Å². The van der Waals surface area contributed by atoms with E-state index in [1.165, 1.54) is 32.0 Å². The average Bonchev–Trinajstić information content (AvgIpc) is 2.80. The number of imidazole rings is 1. The standard InChI is InChI=1S/C11H14N2O6/c1-7(14)19-5-4-13-6-12-8(10(15)17-2)9(13)11(16)18-3/h6H,4-5H2,1-3H3. The number of esters is 3. The quantitative estimate of drug-likeness (QED) is 0.549. The van der Waals surface area contributed by atoms with Gasteiger partial charge >= 0.3 is 17.9 Å². The van der Waals surface area contributed by atoms with Crippen LogP contribution in [-0.4, -0.2) is 48.3 Å². The molecule has 0 unspecified atom stereocenters. The molecule has 1 aromatic heterocycles. The molecule has 0 aliphatic carbocycles. The molecule has 0 radical (unpaired) electrons. The van der Waals surface area contributed by atoms with Crippen molar-refractivity contribution in [1.29, 1.82) is 0 Å². The number of methoxy groups -OCH3 is 2. The number of hydrogen-bond acceptors (Lipinski definition) is 7. The van der Waals surface area contributed by atoms with Crippen LogP contribution < -0.4 is 0 Å². The second kappa shape index (κ2) is 6.53. The Kier molecular flexibility index (Phi) is 5.04. The fourth-order valence-electron chi connectivity index (χ4n) is 1.40. The van der Waals surface area contributed by atoms with Gasteiger partial charge in [-0.05, 0) is 0 Å². The first-order valence-corrected chi connectivity index (χ1v) is 5.36. The van der Waals surface area contributed by atoms with E-state index in [1.54, 1.807) is 0 Å².